The van der Waals surface area contributed by atoms with Gasteiger partial charge in [0.25, 0.3) is 11.8 Å². The van der Waals surface area contributed by atoms with Crippen molar-refractivity contribution in [2.24, 2.45) is 5.73 Å². The molecular weight excluding hydrogens is 873 g/mol. The second kappa shape index (κ2) is 19.1. The number of sulfonamides is 1. The normalized spacial score (nSPS) is 18.3. The monoisotopic (exact) mass is 922 g/mol. The number of hydrogen-bond acceptors (Lipinski definition) is 15. The van der Waals surface area contributed by atoms with Crippen LogP contribution >= 0.6 is 0 Å². The summed E-state index contributed by atoms with van der Waals surface area (Å²) in [5, 5.41) is 30.9. The van der Waals surface area contributed by atoms with Crippen molar-refractivity contribution in [2.75, 3.05) is 25.4 Å². The van der Waals surface area contributed by atoms with Gasteiger partial charge in [-0.25, -0.2) is 13.1 Å². The highest BCUT2D eigenvalue weighted by molar-refractivity contribution is 7.90. The number of carbonyl (C=O) groups excluding carboxylic acids is 1. The summed E-state index contributed by atoms with van der Waals surface area (Å²) in [6.07, 6.45) is 3.79. The maximum atomic E-state index is 13.3. The Hall–Kier alpha value is -6.96. The highest BCUT2D eigenvalue weighted by Gasteiger charge is 2.34. The van der Waals surface area contributed by atoms with E-state index < -0.39 is 33.8 Å². The predicted molar refractivity (Wildman–Crippen MR) is 246 cm³/mol. The molecule has 9 rings (SSSR count). The number of benzene rings is 4. The Morgan fingerprint density at radius 2 is 1.43 bits per heavy atom. The van der Waals surface area contributed by atoms with Gasteiger partial charge in [-0.3, -0.25) is 9.69 Å². The molecule has 3 aliphatic rings. The van der Waals surface area contributed by atoms with Crippen LogP contribution < -0.4 is 25.2 Å². The third kappa shape index (κ3) is 9.79. The Morgan fingerprint density at radius 3 is 2.03 bits per heavy atom. The van der Waals surface area contributed by atoms with Gasteiger partial charge in [0, 0.05) is 66.4 Å². The largest absolute Gasteiger partial charge is 0.490 e. The van der Waals surface area contributed by atoms with E-state index in [0.717, 1.165) is 49.0 Å². The first-order valence-corrected chi connectivity index (χ1v) is 24.1. The van der Waals surface area contributed by atoms with Gasteiger partial charge in [-0.15, -0.1) is 0 Å². The van der Waals surface area contributed by atoms with E-state index in [2.05, 4.69) is 48.4 Å². The van der Waals surface area contributed by atoms with Crippen molar-refractivity contribution >= 4 is 15.9 Å². The van der Waals surface area contributed by atoms with E-state index in [1.54, 1.807) is 49.4 Å². The first-order chi connectivity index (χ1) is 32.4. The molecule has 0 bridgehead atoms. The fraction of sp³-hybridized carbons (Fsp3) is 0.367. The lowest BCUT2D eigenvalue weighted by molar-refractivity contribution is -0.118. The van der Waals surface area contributed by atoms with Crippen LogP contribution in [0.4, 0.5) is 0 Å². The van der Waals surface area contributed by atoms with Crippen LogP contribution in [0.25, 0.3) is 45.7 Å². The summed E-state index contributed by atoms with van der Waals surface area (Å²) < 4.78 is 52.3. The standard InChI is InChI=1S/C49H50N10O7S/c1-28(2)63-43-16-10-30(22-32(43)24-50)48-54-46(56-65-48)39-8-4-6-37-35(39)12-14-41(37)58-67(61,62)27-45(60)53-20-18-29(3)64-44-17-11-31(23-33(44)25-51)49-55-47(57-66-49)40-9-5-7-38-36(40)13-15-42(38)59-21-19-34(52)26-59/h4-11,16-17,22-23,28-29,34,41-42,58H,12-15,18-21,26-27,52H2,1-3H3,(H,53,60). The van der Waals surface area contributed by atoms with Crippen LogP contribution in [0.3, 0.4) is 0 Å². The molecule has 3 heterocycles. The van der Waals surface area contributed by atoms with Crippen LogP contribution in [0.2, 0.25) is 0 Å². The van der Waals surface area contributed by atoms with Crippen molar-refractivity contribution in [1.82, 2.24) is 35.2 Å². The molecule has 1 amide bonds. The first-order valence-electron chi connectivity index (χ1n) is 22.5. The number of nitrogens with two attached hydrogens (primary N) is 1. The van der Waals surface area contributed by atoms with Crippen molar-refractivity contribution in [1.29, 1.82) is 10.5 Å². The molecule has 4 aromatic carbocycles. The van der Waals surface area contributed by atoms with Crippen molar-refractivity contribution < 1.29 is 31.7 Å². The van der Waals surface area contributed by atoms with Gasteiger partial charge in [-0.05, 0) is 112 Å². The number of carbonyl (C=O) groups is 1. The van der Waals surface area contributed by atoms with E-state index in [1.807, 2.05) is 38.1 Å². The molecule has 2 aromatic heterocycles. The van der Waals surface area contributed by atoms with Crippen LogP contribution in [-0.4, -0.2) is 83.1 Å². The second-order valence-corrected chi connectivity index (χ2v) is 19.3. The molecule has 18 heteroatoms. The summed E-state index contributed by atoms with van der Waals surface area (Å²) in [5.41, 5.74) is 13.7. The molecule has 4 atom stereocenters. The van der Waals surface area contributed by atoms with Gasteiger partial charge in [0.1, 0.15) is 29.4 Å². The molecule has 1 aliphatic heterocycles. The molecule has 344 valence electrons. The van der Waals surface area contributed by atoms with Gasteiger partial charge in [-0.1, -0.05) is 46.7 Å². The molecule has 1 fully saturated rings. The van der Waals surface area contributed by atoms with Gasteiger partial charge < -0.3 is 29.6 Å². The minimum absolute atomic E-state index is 0.102. The molecule has 0 spiro atoms. The number of rotatable bonds is 16. The Balaban J connectivity index is 0.767. The van der Waals surface area contributed by atoms with Gasteiger partial charge in [-0.2, -0.15) is 20.5 Å². The summed E-state index contributed by atoms with van der Waals surface area (Å²) in [4.78, 5) is 24.7. The average molecular weight is 923 g/mol. The van der Waals surface area contributed by atoms with E-state index in [4.69, 9.17) is 29.2 Å². The second-order valence-electron chi connectivity index (χ2n) is 17.5. The number of hydrogen-bond donors (Lipinski definition) is 3. The third-order valence-corrected chi connectivity index (χ3v) is 13.7. The van der Waals surface area contributed by atoms with Crippen LogP contribution in [0.15, 0.2) is 81.8 Å². The smallest absolute Gasteiger partial charge is 0.258 e. The highest BCUT2D eigenvalue weighted by atomic mass is 32.2. The predicted octanol–water partition coefficient (Wildman–Crippen LogP) is 6.55. The van der Waals surface area contributed by atoms with Gasteiger partial charge in [0.05, 0.1) is 23.3 Å². The molecule has 4 unspecified atom stereocenters. The molecule has 67 heavy (non-hydrogen) atoms. The fourth-order valence-corrected chi connectivity index (χ4v) is 10.5. The zero-order chi connectivity index (χ0) is 46.8. The molecule has 6 aromatic rings. The Kier molecular flexibility index (Phi) is 12.9. The lowest BCUT2D eigenvalue weighted by Crippen LogP contribution is -2.38. The fourth-order valence-electron chi connectivity index (χ4n) is 9.34. The summed E-state index contributed by atoms with van der Waals surface area (Å²) in [5.74, 6) is 0.721. The van der Waals surface area contributed by atoms with E-state index in [0.29, 0.717) is 70.7 Å². The number of nitriles is 2. The first kappa shape index (κ1) is 45.2. The lowest BCUT2D eigenvalue weighted by Gasteiger charge is -2.24. The zero-order valence-corrected chi connectivity index (χ0v) is 38.2. The van der Waals surface area contributed by atoms with Crippen LogP contribution in [-0.2, 0) is 27.7 Å². The summed E-state index contributed by atoms with van der Waals surface area (Å²) in [7, 11) is -4.03. The number of nitrogens with one attached hydrogen (secondary N) is 2. The van der Waals surface area contributed by atoms with Crippen molar-refractivity contribution in [3.05, 3.63) is 106 Å². The molecular formula is C49H50N10O7S. The third-order valence-electron chi connectivity index (χ3n) is 12.4. The zero-order valence-electron chi connectivity index (χ0n) is 37.4. The number of fused-ring (bicyclic) bond motifs is 2. The van der Waals surface area contributed by atoms with Crippen molar-refractivity contribution in [2.45, 2.75) is 89.6 Å². The quantitative estimate of drug-likeness (QED) is 0.0931. The average Bonchev–Trinajstić information content (AvgIpc) is 4.17. The van der Waals surface area contributed by atoms with E-state index in [-0.39, 0.29) is 36.0 Å². The van der Waals surface area contributed by atoms with Gasteiger partial charge in [0.2, 0.25) is 27.6 Å². The van der Waals surface area contributed by atoms with E-state index >= 15 is 0 Å². The van der Waals surface area contributed by atoms with E-state index in [1.165, 1.54) is 11.1 Å². The minimum atomic E-state index is -4.03. The van der Waals surface area contributed by atoms with Crippen LogP contribution in [0, 0.1) is 22.7 Å². The molecule has 2 aliphatic carbocycles. The van der Waals surface area contributed by atoms with Crippen LogP contribution in [0.1, 0.15) is 91.9 Å². The summed E-state index contributed by atoms with van der Waals surface area (Å²) in [6, 6.07) is 26.2. The molecule has 0 saturated carbocycles. The SMILES string of the molecule is CC(C)Oc1ccc(-c2nc(-c3cccc4c3CCC4NS(=O)(=O)CC(=O)NCCC(C)Oc3ccc(-c4nc(-c5cccc6c5CCC6N5CCC(N)C5)no4)cc3C#N)no2)cc1C#N. The molecule has 17 nitrogen and oxygen atoms in total. The van der Waals surface area contributed by atoms with Crippen molar-refractivity contribution in [3.8, 4) is 69.3 Å². The number of nitrogens with zero attached hydrogens (tertiary/aromatic N) is 7. The Bertz CT molecular complexity index is 3030. The lowest BCUT2D eigenvalue weighted by atomic mass is 10.0. The molecule has 1 saturated heterocycles. The highest BCUT2D eigenvalue weighted by Crippen LogP contribution is 2.42. The summed E-state index contributed by atoms with van der Waals surface area (Å²) >= 11 is 0. The summed E-state index contributed by atoms with van der Waals surface area (Å²) in [6.45, 7) is 7.60. The number of amides is 1. The maximum Gasteiger partial charge on any atom is 0.258 e. The van der Waals surface area contributed by atoms with Gasteiger partial charge in [0.15, 0.2) is 0 Å². The Labute approximate surface area is 388 Å². The maximum absolute atomic E-state index is 13.3. The Morgan fingerprint density at radius 1 is 0.836 bits per heavy atom. The van der Waals surface area contributed by atoms with Crippen LogP contribution in [0.5, 0.6) is 11.5 Å². The minimum Gasteiger partial charge on any atom is -0.490 e. The number of aromatic nitrogens is 4. The van der Waals surface area contributed by atoms with Crippen molar-refractivity contribution in [3.63, 3.8) is 0 Å². The van der Waals surface area contributed by atoms with Gasteiger partial charge >= 0.3 is 0 Å². The molecule has 4 N–H and O–H groups in total. The van der Waals surface area contributed by atoms with E-state index in [9.17, 15) is 23.7 Å². The topological polar surface area (TPSA) is 248 Å². The molecule has 0 radical (unpaired) electrons. The number of likely N-dealkylation sites (tertiary alicyclic amines) is 1. The number of ether oxygens (including phenoxy) is 2.